The number of hydrogen-bond acceptors (Lipinski definition) is 12. The Morgan fingerprint density at radius 2 is 1.65 bits per heavy atom. The largest absolute Gasteiger partial charge is 0.443 e. The molecule has 1 aliphatic carbocycles. The standard InChI is InChI=1S/C38H42N8O6/c1-21-9-12-27-25(17-21)38(33(47)45(27)34(48)51-36(3,4)5)19-26(38)23-10-11-24-28(18-23)46(35(49)52-37(6,7)8)43-31(24)42-30-22(2)32(41-29(20-39)40-30)44-13-15-50-16-14-44/h9-12,17-18,26H,13-16,19H2,1-8H3,(H,40,41,42,43)/t26-,38-/m0/s1. The smallest absolute Gasteiger partial charge is 0.435 e. The lowest BCUT2D eigenvalue weighted by Crippen LogP contribution is -2.41. The number of imide groups is 1. The quantitative estimate of drug-likeness (QED) is 0.249. The zero-order valence-corrected chi connectivity index (χ0v) is 30.7. The van der Waals surface area contributed by atoms with Crippen LogP contribution >= 0.6 is 0 Å². The molecule has 0 bridgehead atoms. The fourth-order valence-corrected chi connectivity index (χ4v) is 7.07. The van der Waals surface area contributed by atoms with Gasteiger partial charge in [-0.05, 0) is 91.1 Å². The summed E-state index contributed by atoms with van der Waals surface area (Å²) < 4.78 is 18.1. The molecule has 2 atom stereocenters. The number of nitrogens with one attached hydrogen (secondary N) is 1. The van der Waals surface area contributed by atoms with Crippen molar-refractivity contribution in [2.45, 2.75) is 84.3 Å². The Bertz CT molecular complexity index is 2190. The number of aromatic nitrogens is 4. The molecule has 1 saturated heterocycles. The number of rotatable bonds is 4. The minimum atomic E-state index is -0.967. The second-order valence-electron chi connectivity index (χ2n) is 15.6. The first-order valence-electron chi connectivity index (χ1n) is 17.3. The molecule has 52 heavy (non-hydrogen) atoms. The first-order chi connectivity index (χ1) is 24.5. The van der Waals surface area contributed by atoms with E-state index in [9.17, 15) is 19.6 Å². The molecule has 1 N–H and O–H groups in total. The average molecular weight is 707 g/mol. The summed E-state index contributed by atoms with van der Waals surface area (Å²) in [6, 6.07) is 13.3. The maximum atomic E-state index is 14.3. The number of carbonyl (C=O) groups is 3. The molecule has 1 spiro atoms. The van der Waals surface area contributed by atoms with Crippen LogP contribution in [0.25, 0.3) is 10.9 Å². The summed E-state index contributed by atoms with van der Waals surface area (Å²) in [5.41, 5.74) is 1.67. The predicted octanol–water partition coefficient (Wildman–Crippen LogP) is 6.39. The highest BCUT2D eigenvalue weighted by molar-refractivity contribution is 6.23. The summed E-state index contributed by atoms with van der Waals surface area (Å²) in [5.74, 6) is 0.689. The lowest BCUT2D eigenvalue weighted by atomic mass is 9.91. The summed E-state index contributed by atoms with van der Waals surface area (Å²) in [5, 5.41) is 18.3. The number of benzene rings is 2. The van der Waals surface area contributed by atoms with Crippen LogP contribution in [0.1, 0.15) is 82.0 Å². The first kappa shape index (κ1) is 34.9. The Kier molecular flexibility index (Phi) is 8.25. The molecule has 14 nitrogen and oxygen atoms in total. The van der Waals surface area contributed by atoms with E-state index in [4.69, 9.17) is 14.2 Å². The highest BCUT2D eigenvalue weighted by Gasteiger charge is 2.68. The Hall–Kier alpha value is -5.55. The highest BCUT2D eigenvalue weighted by Crippen LogP contribution is 2.66. The van der Waals surface area contributed by atoms with Crippen molar-refractivity contribution in [3.8, 4) is 6.07 Å². The molecule has 14 heteroatoms. The zero-order valence-electron chi connectivity index (χ0n) is 30.7. The van der Waals surface area contributed by atoms with Crippen LogP contribution in [0.3, 0.4) is 0 Å². The summed E-state index contributed by atoms with van der Waals surface area (Å²) in [7, 11) is 0. The number of morpholine rings is 1. The van der Waals surface area contributed by atoms with Gasteiger partial charge in [0.05, 0.1) is 29.8 Å². The van der Waals surface area contributed by atoms with Crippen LogP contribution in [0.2, 0.25) is 0 Å². The molecule has 2 aromatic heterocycles. The van der Waals surface area contributed by atoms with E-state index in [0.29, 0.717) is 72.3 Å². The number of nitriles is 1. The molecule has 4 aromatic rings. The van der Waals surface area contributed by atoms with Crippen molar-refractivity contribution in [3.63, 3.8) is 0 Å². The van der Waals surface area contributed by atoms with Gasteiger partial charge in [0.2, 0.25) is 11.7 Å². The predicted molar refractivity (Wildman–Crippen MR) is 193 cm³/mol. The summed E-state index contributed by atoms with van der Waals surface area (Å²) in [6.07, 6.45) is -0.927. The van der Waals surface area contributed by atoms with Crippen LogP contribution in [-0.4, -0.2) is 75.3 Å². The van der Waals surface area contributed by atoms with Crippen molar-refractivity contribution < 1.29 is 28.6 Å². The van der Waals surface area contributed by atoms with E-state index in [1.807, 2.05) is 44.2 Å². The Morgan fingerprint density at radius 1 is 0.962 bits per heavy atom. The minimum Gasteiger partial charge on any atom is -0.443 e. The van der Waals surface area contributed by atoms with E-state index in [2.05, 4.69) is 31.4 Å². The molecular formula is C38H42N8O6. The van der Waals surface area contributed by atoms with E-state index >= 15 is 0 Å². The van der Waals surface area contributed by atoms with Gasteiger partial charge in [-0.25, -0.2) is 24.5 Å². The van der Waals surface area contributed by atoms with Crippen LogP contribution in [0.4, 0.5) is 32.7 Å². The molecule has 4 heterocycles. The lowest BCUT2D eigenvalue weighted by molar-refractivity contribution is -0.120. The van der Waals surface area contributed by atoms with E-state index in [1.54, 1.807) is 47.6 Å². The van der Waals surface area contributed by atoms with Crippen molar-refractivity contribution in [3.05, 3.63) is 64.5 Å². The van der Waals surface area contributed by atoms with Crippen LogP contribution < -0.4 is 15.1 Å². The molecular weight excluding hydrogens is 664 g/mol. The van der Waals surface area contributed by atoms with Gasteiger partial charge in [0, 0.05) is 30.0 Å². The van der Waals surface area contributed by atoms with Crippen molar-refractivity contribution in [1.29, 1.82) is 5.26 Å². The zero-order chi connectivity index (χ0) is 37.3. The third-order valence-corrected chi connectivity index (χ3v) is 9.44. The normalized spacial score (nSPS) is 19.8. The Balaban J connectivity index is 1.30. The second kappa shape index (κ2) is 12.3. The third-order valence-electron chi connectivity index (χ3n) is 9.44. The fourth-order valence-electron chi connectivity index (χ4n) is 7.07. The third kappa shape index (κ3) is 6.08. The van der Waals surface area contributed by atoms with Gasteiger partial charge in [-0.3, -0.25) is 4.79 Å². The minimum absolute atomic E-state index is 0.0102. The number of ether oxygens (including phenoxy) is 3. The molecule has 2 aromatic carbocycles. The molecule has 3 aliphatic rings. The summed E-state index contributed by atoms with van der Waals surface area (Å²) >= 11 is 0. The Labute approximate surface area is 301 Å². The van der Waals surface area contributed by atoms with E-state index < -0.39 is 28.8 Å². The van der Waals surface area contributed by atoms with Crippen LogP contribution in [-0.2, 0) is 24.4 Å². The molecule has 0 unspecified atom stereocenters. The molecule has 2 aliphatic heterocycles. The van der Waals surface area contributed by atoms with Gasteiger partial charge >= 0.3 is 12.2 Å². The molecule has 2 fully saturated rings. The Morgan fingerprint density at radius 3 is 2.33 bits per heavy atom. The fraction of sp³-hybridized carbons (Fsp3) is 0.447. The number of aryl methyl sites for hydroxylation is 1. The average Bonchev–Trinajstić information content (AvgIpc) is 3.66. The maximum Gasteiger partial charge on any atom is 0.435 e. The second-order valence-corrected chi connectivity index (χ2v) is 15.6. The number of carbonyl (C=O) groups excluding carboxylic acids is 3. The van der Waals surface area contributed by atoms with Crippen LogP contribution in [0.15, 0.2) is 36.4 Å². The van der Waals surface area contributed by atoms with Crippen LogP contribution in [0, 0.1) is 25.2 Å². The van der Waals surface area contributed by atoms with E-state index in [1.165, 1.54) is 4.68 Å². The van der Waals surface area contributed by atoms with Gasteiger partial charge in [0.15, 0.2) is 5.82 Å². The first-order valence-corrected chi connectivity index (χ1v) is 17.3. The van der Waals surface area contributed by atoms with Gasteiger partial charge in [0.1, 0.15) is 28.9 Å². The van der Waals surface area contributed by atoms with Gasteiger partial charge in [-0.1, -0.05) is 23.8 Å². The number of nitrogens with zero attached hydrogens (tertiary/aromatic N) is 7. The molecule has 2 amide bonds. The van der Waals surface area contributed by atoms with Crippen molar-refractivity contribution >= 4 is 52.1 Å². The SMILES string of the molecule is Cc1ccc2c(c1)[C@]1(C[C@H]1c1ccc3c(Nc4nc(C#N)nc(N5CCOCC5)c4C)nn(C(=O)OC(C)(C)C)c3c1)C(=O)N2C(=O)OC(C)(C)C. The van der Waals surface area contributed by atoms with Crippen molar-refractivity contribution in [2.75, 3.05) is 41.4 Å². The van der Waals surface area contributed by atoms with Gasteiger partial charge in [-0.15, -0.1) is 5.10 Å². The molecule has 270 valence electrons. The van der Waals surface area contributed by atoms with E-state index in [0.717, 1.165) is 21.6 Å². The highest BCUT2D eigenvalue weighted by atomic mass is 16.6. The lowest BCUT2D eigenvalue weighted by Gasteiger charge is -2.29. The van der Waals surface area contributed by atoms with Gasteiger partial charge < -0.3 is 24.4 Å². The molecule has 7 rings (SSSR count). The number of amides is 2. The summed E-state index contributed by atoms with van der Waals surface area (Å²) in [4.78, 5) is 53.5. The molecule has 1 saturated carbocycles. The maximum absolute atomic E-state index is 14.3. The molecule has 0 radical (unpaired) electrons. The number of fused-ring (bicyclic) bond motifs is 3. The number of hydrogen-bond donors (Lipinski definition) is 1. The van der Waals surface area contributed by atoms with Crippen molar-refractivity contribution in [2.24, 2.45) is 0 Å². The van der Waals surface area contributed by atoms with Gasteiger partial charge in [0.25, 0.3) is 0 Å². The summed E-state index contributed by atoms with van der Waals surface area (Å²) in [6.45, 7) is 16.8. The van der Waals surface area contributed by atoms with Crippen LogP contribution in [0.5, 0.6) is 0 Å². The van der Waals surface area contributed by atoms with Gasteiger partial charge in [-0.2, -0.15) is 9.94 Å². The van der Waals surface area contributed by atoms with Crippen molar-refractivity contribution in [1.82, 2.24) is 19.7 Å². The topological polar surface area (TPSA) is 165 Å². The monoisotopic (exact) mass is 706 g/mol. The number of anilines is 4. The van der Waals surface area contributed by atoms with E-state index in [-0.39, 0.29) is 17.6 Å².